The van der Waals surface area contributed by atoms with Gasteiger partial charge in [-0.25, -0.2) is 4.98 Å². The maximum Gasteiger partial charge on any atom is 0.491 e. The first-order chi connectivity index (χ1) is 12.6. The number of anilines is 3. The van der Waals surface area contributed by atoms with E-state index in [4.69, 9.17) is 9.39 Å². The van der Waals surface area contributed by atoms with E-state index in [-0.39, 0.29) is 6.04 Å². The second-order valence-corrected chi connectivity index (χ2v) is 6.62. The summed E-state index contributed by atoms with van der Waals surface area (Å²) in [4.78, 5) is 8.89. The van der Waals surface area contributed by atoms with Crippen LogP contribution in [0.4, 0.5) is 17.5 Å². The lowest BCUT2D eigenvalue weighted by atomic mass is 9.79. The maximum atomic E-state index is 9.70. The smallest absolute Gasteiger partial charge is 0.423 e. The number of nitrogens with zero attached hydrogens (tertiary/aromatic N) is 2. The van der Waals surface area contributed by atoms with Crippen LogP contribution in [-0.4, -0.2) is 46.2 Å². The Morgan fingerprint density at radius 1 is 1.35 bits per heavy atom. The number of ether oxygens (including phenoxy) is 1. The zero-order valence-corrected chi connectivity index (χ0v) is 14.5. The van der Waals surface area contributed by atoms with E-state index >= 15 is 0 Å². The van der Waals surface area contributed by atoms with Crippen LogP contribution in [0.15, 0.2) is 24.4 Å². The molecule has 0 bridgehead atoms. The Morgan fingerprint density at radius 3 is 3.08 bits per heavy atom. The third kappa shape index (κ3) is 3.66. The lowest BCUT2D eigenvalue weighted by Gasteiger charge is -2.27. The number of aryl methyl sites for hydroxylation is 1. The summed E-state index contributed by atoms with van der Waals surface area (Å²) in [6.45, 7) is 2.85. The molecule has 0 spiro atoms. The molecule has 9 heteroatoms. The van der Waals surface area contributed by atoms with Crippen molar-refractivity contribution in [3.8, 4) is 0 Å². The van der Waals surface area contributed by atoms with E-state index in [1.807, 2.05) is 25.1 Å². The second kappa shape index (κ2) is 7.20. The molecule has 2 aliphatic heterocycles. The molecular formula is C17H21BN4O4. The third-order valence-electron chi connectivity index (χ3n) is 4.64. The minimum atomic E-state index is -0.847. The minimum Gasteiger partial charge on any atom is -0.423 e. The first kappa shape index (κ1) is 17.2. The van der Waals surface area contributed by atoms with Crippen molar-refractivity contribution >= 4 is 30.0 Å². The lowest BCUT2D eigenvalue weighted by molar-refractivity contribution is -0.126. The number of hydrogen-bond donors (Lipinski definition) is 4. The van der Waals surface area contributed by atoms with Gasteiger partial charge in [-0.15, -0.1) is 0 Å². The number of aliphatic hydroxyl groups is 1. The molecule has 1 fully saturated rings. The summed E-state index contributed by atoms with van der Waals surface area (Å²) in [6.07, 6.45) is 2.37. The van der Waals surface area contributed by atoms with Gasteiger partial charge in [-0.3, -0.25) is 0 Å². The summed E-state index contributed by atoms with van der Waals surface area (Å²) in [6, 6.07) is 5.74. The number of nitrogens with one attached hydrogen (secondary N) is 2. The Kier molecular flexibility index (Phi) is 4.77. The van der Waals surface area contributed by atoms with Crippen molar-refractivity contribution in [2.75, 3.05) is 17.2 Å². The Morgan fingerprint density at radius 2 is 2.23 bits per heavy atom. The Bertz CT molecular complexity index is 806. The molecule has 3 heterocycles. The maximum absolute atomic E-state index is 9.70. The predicted octanol–water partition coefficient (Wildman–Crippen LogP) is 0.656. The lowest BCUT2D eigenvalue weighted by Crippen LogP contribution is -2.34. The van der Waals surface area contributed by atoms with Crippen LogP contribution in [0.25, 0.3) is 0 Å². The molecule has 0 radical (unpaired) electrons. The molecule has 8 nitrogen and oxygen atoms in total. The molecule has 2 aliphatic rings. The van der Waals surface area contributed by atoms with Crippen molar-refractivity contribution < 1.29 is 19.5 Å². The third-order valence-corrected chi connectivity index (χ3v) is 4.64. The van der Waals surface area contributed by atoms with Gasteiger partial charge in [-0.2, -0.15) is 4.98 Å². The van der Waals surface area contributed by atoms with Crippen LogP contribution in [0.1, 0.15) is 24.0 Å². The standard InChI is InChI=1S/C17H21BN4O4/c1-10-8-19-17(22-16(10)20-13-4-5-25-15(23)7-13)21-12-2-3-14-11(6-12)9-26-18(14)24/h2-3,6,8,13,15,23-24H,4-5,7,9H2,1H3,(H2,19,20,21,22). The van der Waals surface area contributed by atoms with Crippen LogP contribution >= 0.6 is 0 Å². The average molecular weight is 356 g/mol. The van der Waals surface area contributed by atoms with E-state index in [1.54, 1.807) is 6.20 Å². The molecule has 0 aliphatic carbocycles. The average Bonchev–Trinajstić information content (AvgIpc) is 2.98. The summed E-state index contributed by atoms with van der Waals surface area (Å²) in [5, 5.41) is 25.9. The van der Waals surface area contributed by atoms with Crippen LogP contribution in [0, 0.1) is 6.92 Å². The monoisotopic (exact) mass is 356 g/mol. The van der Waals surface area contributed by atoms with Gasteiger partial charge in [0.05, 0.1) is 13.2 Å². The van der Waals surface area contributed by atoms with Crippen molar-refractivity contribution in [3.63, 3.8) is 0 Å². The van der Waals surface area contributed by atoms with Gasteiger partial charge in [0.2, 0.25) is 5.95 Å². The van der Waals surface area contributed by atoms with Gasteiger partial charge in [0, 0.05) is 29.9 Å². The molecule has 1 aromatic carbocycles. The normalized spacial score (nSPS) is 22.2. The SMILES string of the molecule is Cc1cnc(Nc2ccc3c(c2)COB3O)nc1NC1CCOC(O)C1. The summed E-state index contributed by atoms with van der Waals surface area (Å²) < 4.78 is 10.4. The first-order valence-electron chi connectivity index (χ1n) is 8.68. The van der Waals surface area contributed by atoms with Crippen molar-refractivity contribution in [1.82, 2.24) is 9.97 Å². The molecular weight excluding hydrogens is 335 g/mol. The zero-order valence-electron chi connectivity index (χ0n) is 14.5. The van der Waals surface area contributed by atoms with E-state index < -0.39 is 13.4 Å². The summed E-state index contributed by atoms with van der Waals surface area (Å²) in [5.74, 6) is 1.21. The molecule has 0 amide bonds. The van der Waals surface area contributed by atoms with E-state index in [9.17, 15) is 10.1 Å². The fourth-order valence-electron chi connectivity index (χ4n) is 3.19. The van der Waals surface area contributed by atoms with Crippen LogP contribution in [0.3, 0.4) is 0 Å². The Balaban J connectivity index is 1.49. The van der Waals surface area contributed by atoms with Crippen molar-refractivity contribution in [2.24, 2.45) is 0 Å². The highest BCUT2D eigenvalue weighted by molar-refractivity contribution is 6.61. The number of hydrogen-bond acceptors (Lipinski definition) is 8. The fraction of sp³-hybridized carbons (Fsp3) is 0.412. The van der Waals surface area contributed by atoms with Crippen LogP contribution in [0.2, 0.25) is 0 Å². The Hall–Kier alpha value is -2.20. The molecule has 2 atom stereocenters. The molecule has 4 rings (SSSR count). The van der Waals surface area contributed by atoms with E-state index in [2.05, 4.69) is 20.6 Å². The number of aromatic nitrogens is 2. The van der Waals surface area contributed by atoms with Crippen molar-refractivity contribution in [1.29, 1.82) is 0 Å². The van der Waals surface area contributed by atoms with Gasteiger partial charge in [-0.1, -0.05) is 6.07 Å². The van der Waals surface area contributed by atoms with Gasteiger partial charge in [-0.05, 0) is 36.5 Å². The molecule has 1 aromatic heterocycles. The predicted molar refractivity (Wildman–Crippen MR) is 97.5 cm³/mol. The van der Waals surface area contributed by atoms with Gasteiger partial charge in [0.15, 0.2) is 6.29 Å². The van der Waals surface area contributed by atoms with Crippen LogP contribution in [-0.2, 0) is 16.0 Å². The molecule has 2 aromatic rings. The molecule has 1 saturated heterocycles. The number of fused-ring (bicyclic) bond motifs is 1. The van der Waals surface area contributed by atoms with E-state index in [0.29, 0.717) is 25.6 Å². The minimum absolute atomic E-state index is 0.110. The highest BCUT2D eigenvalue weighted by Crippen LogP contribution is 2.22. The van der Waals surface area contributed by atoms with E-state index in [1.165, 1.54) is 0 Å². The van der Waals surface area contributed by atoms with Crippen molar-refractivity contribution in [3.05, 3.63) is 35.5 Å². The van der Waals surface area contributed by atoms with Crippen molar-refractivity contribution in [2.45, 2.75) is 38.7 Å². The zero-order chi connectivity index (χ0) is 18.1. The van der Waals surface area contributed by atoms with Crippen LogP contribution < -0.4 is 16.1 Å². The molecule has 2 unspecified atom stereocenters. The molecule has 26 heavy (non-hydrogen) atoms. The first-order valence-corrected chi connectivity index (χ1v) is 8.68. The topological polar surface area (TPSA) is 109 Å². The largest absolute Gasteiger partial charge is 0.491 e. The fourth-order valence-corrected chi connectivity index (χ4v) is 3.19. The highest BCUT2D eigenvalue weighted by Gasteiger charge is 2.27. The molecule has 136 valence electrons. The summed E-state index contributed by atoms with van der Waals surface area (Å²) in [7, 11) is -0.847. The molecule has 0 saturated carbocycles. The number of aliphatic hydroxyl groups excluding tert-OH is 1. The van der Waals surface area contributed by atoms with Crippen LogP contribution in [0.5, 0.6) is 0 Å². The van der Waals surface area contributed by atoms with Gasteiger partial charge in [0.1, 0.15) is 5.82 Å². The Labute approximate surface area is 151 Å². The number of benzene rings is 1. The van der Waals surface area contributed by atoms with E-state index in [0.717, 1.165) is 34.5 Å². The second-order valence-electron chi connectivity index (χ2n) is 6.62. The quantitative estimate of drug-likeness (QED) is 0.592. The van der Waals surface area contributed by atoms with Gasteiger partial charge < -0.3 is 30.2 Å². The molecule has 4 N–H and O–H groups in total. The summed E-state index contributed by atoms with van der Waals surface area (Å²) >= 11 is 0. The summed E-state index contributed by atoms with van der Waals surface area (Å²) in [5.41, 5.74) is 3.50. The van der Waals surface area contributed by atoms with Gasteiger partial charge >= 0.3 is 7.12 Å². The number of rotatable bonds is 4. The van der Waals surface area contributed by atoms with Gasteiger partial charge in [0.25, 0.3) is 0 Å². The highest BCUT2D eigenvalue weighted by atomic mass is 16.6.